The van der Waals surface area contributed by atoms with Gasteiger partial charge < -0.3 is 5.32 Å². The molecule has 3 amide bonds. The fraction of sp³-hybridized carbons (Fsp3) is 0.261. The maximum Gasteiger partial charge on any atom is 0.255 e. The van der Waals surface area contributed by atoms with Gasteiger partial charge in [-0.25, -0.2) is 0 Å². The highest BCUT2D eigenvalue weighted by Gasteiger charge is 2.47. The number of allylic oxidation sites excluding steroid dienone is 2. The van der Waals surface area contributed by atoms with Gasteiger partial charge in [0.05, 0.1) is 17.5 Å². The van der Waals surface area contributed by atoms with Crippen LogP contribution in [0.3, 0.4) is 0 Å². The number of carbonyl (C=O) groups excluding carboxylic acids is 3. The molecule has 0 radical (unpaired) electrons. The average molecular weight is 374 g/mol. The minimum Gasteiger partial charge on any atom is -0.322 e. The third kappa shape index (κ3) is 3.03. The van der Waals surface area contributed by atoms with Gasteiger partial charge in [0.15, 0.2) is 0 Å². The molecule has 2 aliphatic rings. The SMILES string of the molecule is Cc1cccc(C)c1NC(=O)c1ccc(N2C(=O)[C@H]3CC=CC[C@H]3C2=O)cc1. The van der Waals surface area contributed by atoms with Crippen molar-refractivity contribution in [3.8, 4) is 0 Å². The number of rotatable bonds is 3. The summed E-state index contributed by atoms with van der Waals surface area (Å²) in [5.74, 6) is -1.03. The van der Waals surface area contributed by atoms with Crippen molar-refractivity contribution in [3.63, 3.8) is 0 Å². The molecular weight excluding hydrogens is 352 g/mol. The molecule has 2 aromatic rings. The van der Waals surface area contributed by atoms with Crippen molar-refractivity contribution >= 4 is 29.1 Å². The van der Waals surface area contributed by atoms with Crippen molar-refractivity contribution < 1.29 is 14.4 Å². The van der Waals surface area contributed by atoms with Crippen molar-refractivity contribution in [2.75, 3.05) is 10.2 Å². The Morgan fingerprint density at radius 2 is 1.43 bits per heavy atom. The quantitative estimate of drug-likeness (QED) is 0.652. The highest BCUT2D eigenvalue weighted by Crippen LogP contribution is 2.37. The Balaban J connectivity index is 1.54. The van der Waals surface area contributed by atoms with Crippen molar-refractivity contribution in [3.05, 3.63) is 71.3 Å². The number of carbonyl (C=O) groups is 3. The molecule has 28 heavy (non-hydrogen) atoms. The van der Waals surface area contributed by atoms with E-state index in [0.29, 0.717) is 24.1 Å². The van der Waals surface area contributed by atoms with E-state index >= 15 is 0 Å². The summed E-state index contributed by atoms with van der Waals surface area (Å²) in [6.07, 6.45) is 5.16. The van der Waals surface area contributed by atoms with E-state index in [0.717, 1.165) is 16.8 Å². The molecule has 5 nitrogen and oxygen atoms in total. The van der Waals surface area contributed by atoms with Gasteiger partial charge >= 0.3 is 0 Å². The number of para-hydroxylation sites is 1. The summed E-state index contributed by atoms with van der Waals surface area (Å²) in [6.45, 7) is 3.90. The highest BCUT2D eigenvalue weighted by atomic mass is 16.2. The minimum atomic E-state index is -0.260. The van der Waals surface area contributed by atoms with E-state index in [1.54, 1.807) is 24.3 Å². The number of nitrogens with one attached hydrogen (secondary N) is 1. The Bertz CT molecular complexity index is 945. The second kappa shape index (κ2) is 7.08. The van der Waals surface area contributed by atoms with E-state index < -0.39 is 0 Å². The predicted octanol–water partition coefficient (Wildman–Crippen LogP) is 4.01. The lowest BCUT2D eigenvalue weighted by Gasteiger charge is -2.16. The first-order valence-corrected chi connectivity index (χ1v) is 9.48. The van der Waals surface area contributed by atoms with E-state index in [1.807, 2.05) is 44.2 Å². The normalized spacial score (nSPS) is 21.0. The molecule has 1 N–H and O–H groups in total. The molecule has 2 atom stereocenters. The van der Waals surface area contributed by atoms with Gasteiger partial charge in [-0.15, -0.1) is 0 Å². The maximum atomic E-state index is 12.7. The zero-order chi connectivity index (χ0) is 19.8. The van der Waals surface area contributed by atoms with E-state index in [2.05, 4.69) is 5.32 Å². The highest BCUT2D eigenvalue weighted by molar-refractivity contribution is 6.22. The van der Waals surface area contributed by atoms with E-state index in [1.165, 1.54) is 4.90 Å². The summed E-state index contributed by atoms with van der Waals surface area (Å²) in [5.41, 5.74) is 3.79. The van der Waals surface area contributed by atoms with E-state index in [4.69, 9.17) is 0 Å². The van der Waals surface area contributed by atoms with Gasteiger partial charge in [-0.3, -0.25) is 19.3 Å². The molecule has 0 saturated carbocycles. The molecule has 4 rings (SSSR count). The second-order valence-electron chi connectivity index (χ2n) is 7.44. The molecule has 1 aliphatic carbocycles. The summed E-state index contributed by atoms with van der Waals surface area (Å²) in [5, 5.41) is 2.95. The Hall–Kier alpha value is -3.21. The van der Waals surface area contributed by atoms with E-state index in [-0.39, 0.29) is 29.6 Å². The zero-order valence-electron chi connectivity index (χ0n) is 15.9. The average Bonchev–Trinajstić information content (AvgIpc) is 2.96. The fourth-order valence-corrected chi connectivity index (χ4v) is 4.01. The lowest BCUT2D eigenvalue weighted by atomic mass is 9.85. The summed E-state index contributed by atoms with van der Waals surface area (Å²) < 4.78 is 0. The number of imide groups is 1. The number of nitrogens with zero attached hydrogens (tertiary/aromatic N) is 1. The summed E-state index contributed by atoms with van der Waals surface area (Å²) >= 11 is 0. The molecule has 5 heteroatoms. The molecule has 142 valence electrons. The van der Waals surface area contributed by atoms with Gasteiger partial charge in [0.1, 0.15) is 0 Å². The van der Waals surface area contributed by atoms with Gasteiger partial charge in [-0.05, 0) is 62.1 Å². The van der Waals surface area contributed by atoms with Crippen LogP contribution in [0, 0.1) is 25.7 Å². The van der Waals surface area contributed by atoms with Gasteiger partial charge in [0.25, 0.3) is 5.91 Å². The number of fused-ring (bicyclic) bond motifs is 1. The molecule has 1 heterocycles. The largest absolute Gasteiger partial charge is 0.322 e. The smallest absolute Gasteiger partial charge is 0.255 e. The van der Waals surface area contributed by atoms with Crippen molar-refractivity contribution in [2.24, 2.45) is 11.8 Å². The monoisotopic (exact) mass is 374 g/mol. The molecule has 0 aromatic heterocycles. The molecule has 2 aromatic carbocycles. The molecule has 1 saturated heterocycles. The summed E-state index contributed by atoms with van der Waals surface area (Å²) in [6, 6.07) is 12.5. The maximum absolute atomic E-state index is 12.7. The van der Waals surface area contributed by atoms with Crippen molar-refractivity contribution in [2.45, 2.75) is 26.7 Å². The van der Waals surface area contributed by atoms with Gasteiger partial charge in [0, 0.05) is 11.3 Å². The number of hydrogen-bond donors (Lipinski definition) is 1. The number of aryl methyl sites for hydroxylation is 2. The first-order valence-electron chi connectivity index (χ1n) is 9.48. The van der Waals surface area contributed by atoms with E-state index in [9.17, 15) is 14.4 Å². The van der Waals surface area contributed by atoms with Crippen molar-refractivity contribution in [1.82, 2.24) is 0 Å². The van der Waals surface area contributed by atoms with Gasteiger partial charge in [-0.2, -0.15) is 0 Å². The van der Waals surface area contributed by atoms with Crippen LogP contribution < -0.4 is 10.2 Å². The Labute approximate surface area is 164 Å². The molecule has 0 bridgehead atoms. The lowest BCUT2D eigenvalue weighted by Crippen LogP contribution is -2.30. The summed E-state index contributed by atoms with van der Waals surface area (Å²) in [4.78, 5) is 39.2. The van der Waals surface area contributed by atoms with Crippen LogP contribution in [-0.4, -0.2) is 17.7 Å². The van der Waals surface area contributed by atoms with Crippen LogP contribution in [0.25, 0.3) is 0 Å². The Kier molecular flexibility index (Phi) is 4.59. The minimum absolute atomic E-state index is 0.146. The number of benzene rings is 2. The summed E-state index contributed by atoms with van der Waals surface area (Å²) in [7, 11) is 0. The van der Waals surface area contributed by atoms with Gasteiger partial charge in [-0.1, -0.05) is 30.4 Å². The third-order valence-corrected chi connectivity index (χ3v) is 5.61. The Morgan fingerprint density at radius 1 is 0.893 bits per heavy atom. The first-order chi connectivity index (χ1) is 13.5. The molecule has 0 spiro atoms. The van der Waals surface area contributed by atoms with Crippen LogP contribution in [0.4, 0.5) is 11.4 Å². The molecule has 0 unspecified atom stereocenters. The fourth-order valence-electron chi connectivity index (χ4n) is 4.01. The number of anilines is 2. The topological polar surface area (TPSA) is 66.5 Å². The predicted molar refractivity (Wildman–Crippen MR) is 108 cm³/mol. The molecular formula is C23H22N2O3. The number of hydrogen-bond acceptors (Lipinski definition) is 3. The first kappa shape index (κ1) is 18.2. The molecule has 1 fully saturated rings. The van der Waals surface area contributed by atoms with Crippen LogP contribution >= 0.6 is 0 Å². The standard InChI is InChI=1S/C23H22N2O3/c1-14-6-5-7-15(2)20(14)24-21(26)16-10-12-17(13-11-16)25-22(27)18-8-3-4-9-19(18)23(25)28/h3-7,10-13,18-19H,8-9H2,1-2H3,(H,24,26)/t18-,19+. The molecule has 1 aliphatic heterocycles. The van der Waals surface area contributed by atoms with Crippen LogP contribution in [0.15, 0.2) is 54.6 Å². The van der Waals surface area contributed by atoms with Gasteiger partial charge in [0.2, 0.25) is 11.8 Å². The van der Waals surface area contributed by atoms with Crippen LogP contribution in [0.2, 0.25) is 0 Å². The van der Waals surface area contributed by atoms with Crippen molar-refractivity contribution in [1.29, 1.82) is 0 Å². The Morgan fingerprint density at radius 3 is 1.96 bits per heavy atom. The second-order valence-corrected chi connectivity index (χ2v) is 7.44. The van der Waals surface area contributed by atoms with Crippen LogP contribution in [0.1, 0.15) is 34.3 Å². The number of amides is 3. The van der Waals surface area contributed by atoms with Crippen LogP contribution in [-0.2, 0) is 9.59 Å². The van der Waals surface area contributed by atoms with Crippen LogP contribution in [0.5, 0.6) is 0 Å². The lowest BCUT2D eigenvalue weighted by molar-refractivity contribution is -0.122. The third-order valence-electron chi connectivity index (χ3n) is 5.61. The zero-order valence-corrected chi connectivity index (χ0v) is 15.9.